The number of carbonyl (C=O) groups excluding carboxylic acids is 2. The molecule has 0 aliphatic rings. The van der Waals surface area contributed by atoms with Crippen molar-refractivity contribution < 1.29 is 19.4 Å². The van der Waals surface area contributed by atoms with Gasteiger partial charge in [0.2, 0.25) is 5.91 Å². The third kappa shape index (κ3) is 23.0. The van der Waals surface area contributed by atoms with Crippen molar-refractivity contribution in [3.05, 3.63) is 69.9 Å². The highest BCUT2D eigenvalue weighted by molar-refractivity contribution is 5.92. The van der Waals surface area contributed by atoms with E-state index in [-0.39, 0.29) is 25.1 Å². The first-order chi connectivity index (χ1) is 18.5. The maximum Gasteiger partial charge on any atom is 0.302 e. The summed E-state index contributed by atoms with van der Waals surface area (Å²) >= 11 is 0. The number of carbonyl (C=O) groups is 2. The van der Waals surface area contributed by atoms with E-state index in [2.05, 4.69) is 64.2 Å². The number of esters is 1. The van der Waals surface area contributed by atoms with Crippen molar-refractivity contribution in [2.45, 2.75) is 113 Å². The SMILES string of the molecule is CC(=O)OCCNC(=O)C(C)=CCCC(C)=CCCC(C)=CCCC(C)=CCCC(C)=CCCC(C)=CCO. The summed E-state index contributed by atoms with van der Waals surface area (Å²) in [5.41, 5.74) is 7.65. The first-order valence-corrected chi connectivity index (χ1v) is 14.5. The van der Waals surface area contributed by atoms with E-state index in [0.29, 0.717) is 12.1 Å². The molecular weight excluding hydrogens is 486 g/mol. The average Bonchev–Trinajstić information content (AvgIpc) is 2.86. The van der Waals surface area contributed by atoms with Gasteiger partial charge < -0.3 is 15.2 Å². The maximum absolute atomic E-state index is 12.0. The monoisotopic (exact) mass is 541 g/mol. The first-order valence-electron chi connectivity index (χ1n) is 14.5. The van der Waals surface area contributed by atoms with Gasteiger partial charge in [-0.1, -0.05) is 64.3 Å². The number of ether oxygens (including phenoxy) is 1. The van der Waals surface area contributed by atoms with Gasteiger partial charge in [0.05, 0.1) is 13.2 Å². The Kier molecular flexibility index (Phi) is 21.7. The molecule has 0 unspecified atom stereocenters. The lowest BCUT2D eigenvalue weighted by Crippen LogP contribution is -2.28. The van der Waals surface area contributed by atoms with E-state index in [9.17, 15) is 9.59 Å². The highest BCUT2D eigenvalue weighted by Crippen LogP contribution is 2.15. The molecule has 0 bridgehead atoms. The maximum atomic E-state index is 12.0. The molecule has 0 radical (unpaired) electrons. The summed E-state index contributed by atoms with van der Waals surface area (Å²) < 4.78 is 4.82. The van der Waals surface area contributed by atoms with Crippen LogP contribution in [0.25, 0.3) is 0 Å². The van der Waals surface area contributed by atoms with E-state index in [1.54, 1.807) is 0 Å². The van der Waals surface area contributed by atoms with E-state index in [1.807, 2.05) is 19.1 Å². The van der Waals surface area contributed by atoms with Crippen LogP contribution in [0, 0.1) is 0 Å². The van der Waals surface area contributed by atoms with Crippen LogP contribution in [0.5, 0.6) is 0 Å². The number of aliphatic hydroxyl groups excluding tert-OH is 1. The number of hydrogen-bond donors (Lipinski definition) is 2. The predicted octanol–water partition coefficient (Wildman–Crippen LogP) is 8.24. The van der Waals surface area contributed by atoms with Crippen molar-refractivity contribution in [2.24, 2.45) is 0 Å². The van der Waals surface area contributed by atoms with Crippen molar-refractivity contribution in [2.75, 3.05) is 19.8 Å². The molecule has 0 aliphatic heterocycles. The van der Waals surface area contributed by atoms with Crippen LogP contribution in [0.1, 0.15) is 113 Å². The molecule has 0 rings (SSSR count). The molecule has 0 aromatic carbocycles. The Morgan fingerprint density at radius 3 is 1.31 bits per heavy atom. The van der Waals surface area contributed by atoms with Crippen LogP contribution in [0.4, 0.5) is 0 Å². The smallest absolute Gasteiger partial charge is 0.302 e. The second-order valence-electron chi connectivity index (χ2n) is 10.6. The highest BCUT2D eigenvalue weighted by atomic mass is 16.5. The van der Waals surface area contributed by atoms with Crippen LogP contribution in [-0.2, 0) is 14.3 Å². The van der Waals surface area contributed by atoms with E-state index in [1.165, 1.54) is 34.8 Å². The Hall–Kier alpha value is -2.66. The molecule has 0 aromatic heterocycles. The summed E-state index contributed by atoms with van der Waals surface area (Å²) in [5, 5.41) is 11.7. The molecule has 0 aromatic rings. The van der Waals surface area contributed by atoms with Gasteiger partial charge >= 0.3 is 5.97 Å². The number of amides is 1. The minimum atomic E-state index is -0.340. The second-order valence-corrected chi connectivity index (χ2v) is 10.6. The van der Waals surface area contributed by atoms with Crippen LogP contribution in [0.15, 0.2) is 69.9 Å². The van der Waals surface area contributed by atoms with E-state index < -0.39 is 0 Å². The van der Waals surface area contributed by atoms with E-state index in [0.717, 1.165) is 64.2 Å². The molecule has 0 spiro atoms. The van der Waals surface area contributed by atoms with Gasteiger partial charge in [-0.15, -0.1) is 0 Å². The van der Waals surface area contributed by atoms with Gasteiger partial charge in [0.1, 0.15) is 6.61 Å². The number of rotatable bonds is 20. The number of nitrogens with one attached hydrogen (secondary N) is 1. The van der Waals surface area contributed by atoms with Crippen molar-refractivity contribution in [3.63, 3.8) is 0 Å². The van der Waals surface area contributed by atoms with Crippen molar-refractivity contribution in [1.29, 1.82) is 0 Å². The molecule has 5 heteroatoms. The Morgan fingerprint density at radius 2 is 0.949 bits per heavy atom. The Labute approximate surface area is 238 Å². The highest BCUT2D eigenvalue weighted by Gasteiger charge is 2.03. The summed E-state index contributed by atoms with van der Waals surface area (Å²) in [7, 11) is 0. The topological polar surface area (TPSA) is 75.6 Å². The molecule has 0 saturated heterocycles. The van der Waals surface area contributed by atoms with Crippen LogP contribution >= 0.6 is 0 Å². The molecule has 2 N–H and O–H groups in total. The van der Waals surface area contributed by atoms with Crippen molar-refractivity contribution >= 4 is 11.9 Å². The zero-order valence-corrected chi connectivity index (χ0v) is 25.8. The van der Waals surface area contributed by atoms with Gasteiger partial charge in [0.25, 0.3) is 0 Å². The number of aliphatic hydroxyl groups is 1. The summed E-state index contributed by atoms with van der Waals surface area (Å²) in [6.07, 6.45) is 23.6. The normalized spacial score (nSPS) is 14.1. The molecule has 1 amide bonds. The third-order valence-electron chi connectivity index (χ3n) is 6.61. The average molecular weight is 542 g/mol. The number of hydrogen-bond acceptors (Lipinski definition) is 4. The summed E-state index contributed by atoms with van der Waals surface area (Å²) in [5.74, 6) is -0.455. The molecular formula is C34H55NO4. The van der Waals surface area contributed by atoms with Gasteiger partial charge in [-0.2, -0.15) is 0 Å². The van der Waals surface area contributed by atoms with Gasteiger partial charge in [-0.05, 0) is 106 Å². The lowest BCUT2D eigenvalue weighted by Gasteiger charge is -2.06. The van der Waals surface area contributed by atoms with Crippen LogP contribution < -0.4 is 5.32 Å². The van der Waals surface area contributed by atoms with Crippen molar-refractivity contribution in [1.82, 2.24) is 5.32 Å². The first kappa shape index (κ1) is 36.3. The number of allylic oxidation sites excluding steroid dienone is 10. The van der Waals surface area contributed by atoms with E-state index in [4.69, 9.17) is 9.84 Å². The third-order valence-corrected chi connectivity index (χ3v) is 6.61. The van der Waals surface area contributed by atoms with Crippen molar-refractivity contribution in [3.8, 4) is 0 Å². The summed E-state index contributed by atoms with van der Waals surface area (Å²) in [6.45, 7) is 14.7. The molecule has 0 fully saturated rings. The zero-order valence-electron chi connectivity index (χ0n) is 25.8. The lowest BCUT2D eigenvalue weighted by molar-refractivity contribution is -0.141. The Morgan fingerprint density at radius 1 is 0.590 bits per heavy atom. The predicted molar refractivity (Wildman–Crippen MR) is 165 cm³/mol. The van der Waals surface area contributed by atoms with Gasteiger partial charge in [0.15, 0.2) is 0 Å². The fourth-order valence-electron chi connectivity index (χ4n) is 3.96. The van der Waals surface area contributed by atoms with Gasteiger partial charge in [-0.25, -0.2) is 0 Å². The molecule has 5 nitrogen and oxygen atoms in total. The summed E-state index contributed by atoms with van der Waals surface area (Å²) in [6, 6.07) is 0. The van der Waals surface area contributed by atoms with E-state index >= 15 is 0 Å². The molecule has 220 valence electrons. The fourth-order valence-corrected chi connectivity index (χ4v) is 3.96. The second kappa shape index (κ2) is 23.2. The van der Waals surface area contributed by atoms with Crippen LogP contribution in [0.2, 0.25) is 0 Å². The summed E-state index contributed by atoms with van der Waals surface area (Å²) in [4.78, 5) is 22.8. The largest absolute Gasteiger partial charge is 0.464 e. The molecule has 0 saturated carbocycles. The minimum Gasteiger partial charge on any atom is -0.464 e. The standard InChI is InChI=1S/C34H55NO4/c1-27(15-9-16-29(3)19-11-20-31(5)23-25-36)13-8-14-28(2)17-10-18-30(4)21-12-22-32(6)34(38)35-24-26-39-33(7)37/h14-15,18-19,22-23,36H,8-13,16-17,20-21,24-26H2,1-7H3,(H,35,38). The quantitative estimate of drug-likeness (QED) is 0.0704. The fraction of sp³-hybridized carbons (Fsp3) is 0.588. The molecule has 0 aliphatic carbocycles. The molecule has 0 atom stereocenters. The van der Waals surface area contributed by atoms with Crippen LogP contribution in [0.3, 0.4) is 0 Å². The lowest BCUT2D eigenvalue weighted by atomic mass is 10.0. The Balaban J connectivity index is 4.19. The Bertz CT molecular complexity index is 915. The molecule has 0 heterocycles. The molecule has 39 heavy (non-hydrogen) atoms. The van der Waals surface area contributed by atoms with Gasteiger partial charge in [-0.3, -0.25) is 9.59 Å². The zero-order chi connectivity index (χ0) is 29.5. The van der Waals surface area contributed by atoms with Gasteiger partial charge in [0, 0.05) is 12.5 Å². The van der Waals surface area contributed by atoms with Crippen LogP contribution in [-0.4, -0.2) is 36.7 Å². The minimum absolute atomic E-state index is 0.115.